The summed E-state index contributed by atoms with van der Waals surface area (Å²) in [5.41, 5.74) is 1.18. The Kier molecular flexibility index (Phi) is 5.16. The molecule has 2 amide bonds. The average molecular weight is 315 g/mol. The van der Waals surface area contributed by atoms with Crippen LogP contribution in [-0.2, 0) is 9.59 Å². The molecule has 0 unspecified atom stereocenters. The van der Waals surface area contributed by atoms with Crippen LogP contribution in [0.3, 0.4) is 0 Å². The van der Waals surface area contributed by atoms with Gasteiger partial charge in [-0.3, -0.25) is 9.59 Å². The van der Waals surface area contributed by atoms with E-state index < -0.39 is 0 Å². The number of nitrogens with zero attached hydrogens (tertiary/aromatic N) is 3. The van der Waals surface area contributed by atoms with Crippen LogP contribution in [0.1, 0.15) is 25.7 Å². The van der Waals surface area contributed by atoms with E-state index in [0.29, 0.717) is 13.1 Å². The molecule has 23 heavy (non-hydrogen) atoms. The molecule has 0 saturated carbocycles. The van der Waals surface area contributed by atoms with Crippen molar-refractivity contribution in [3.8, 4) is 0 Å². The number of rotatable bonds is 1. The number of piperazine rings is 1. The van der Waals surface area contributed by atoms with Crippen molar-refractivity contribution in [3.63, 3.8) is 0 Å². The molecule has 0 bridgehead atoms. The minimum atomic E-state index is -0.320. The van der Waals surface area contributed by atoms with Crippen molar-refractivity contribution in [1.82, 2.24) is 9.80 Å². The molecule has 5 heteroatoms. The number of amides is 2. The van der Waals surface area contributed by atoms with Gasteiger partial charge in [0.05, 0.1) is 0 Å². The Morgan fingerprint density at radius 3 is 1.74 bits per heavy atom. The first-order valence-corrected chi connectivity index (χ1v) is 8.64. The Morgan fingerprint density at radius 2 is 1.17 bits per heavy atom. The largest absolute Gasteiger partial charge is 0.368 e. The predicted octanol–water partition coefficient (Wildman–Crippen LogP) is 1.74. The van der Waals surface area contributed by atoms with Gasteiger partial charge in [-0.15, -0.1) is 0 Å². The standard InChI is InChI=1S/C18H25N3O2/c22-17(20-10-6-1-2-7-11-20)18(23)21-14-12-19(13-15-21)16-8-4-3-5-9-16/h3-5,8-9H,1-2,6-7,10-15H2. The highest BCUT2D eigenvalue weighted by molar-refractivity contribution is 6.34. The van der Waals surface area contributed by atoms with Crippen molar-refractivity contribution < 1.29 is 9.59 Å². The van der Waals surface area contributed by atoms with Gasteiger partial charge in [0.1, 0.15) is 0 Å². The van der Waals surface area contributed by atoms with Gasteiger partial charge in [0, 0.05) is 45.0 Å². The third kappa shape index (κ3) is 3.84. The van der Waals surface area contributed by atoms with E-state index in [-0.39, 0.29) is 11.8 Å². The van der Waals surface area contributed by atoms with Gasteiger partial charge in [-0.25, -0.2) is 0 Å². The van der Waals surface area contributed by atoms with E-state index in [2.05, 4.69) is 17.0 Å². The van der Waals surface area contributed by atoms with Crippen LogP contribution in [0, 0.1) is 0 Å². The number of hydrogen-bond donors (Lipinski definition) is 0. The SMILES string of the molecule is O=C(C(=O)N1CCN(c2ccccc2)CC1)N1CCCCCC1. The van der Waals surface area contributed by atoms with E-state index >= 15 is 0 Å². The lowest BCUT2D eigenvalue weighted by molar-refractivity contribution is -0.152. The Morgan fingerprint density at radius 1 is 0.652 bits per heavy atom. The van der Waals surface area contributed by atoms with Gasteiger partial charge in [0.15, 0.2) is 0 Å². The van der Waals surface area contributed by atoms with E-state index in [1.807, 2.05) is 18.2 Å². The highest BCUT2D eigenvalue weighted by Gasteiger charge is 2.29. The molecular formula is C18H25N3O2. The number of hydrogen-bond acceptors (Lipinski definition) is 3. The molecule has 1 aromatic rings. The molecule has 124 valence electrons. The third-order valence-corrected chi connectivity index (χ3v) is 4.76. The Labute approximate surface area is 137 Å². The van der Waals surface area contributed by atoms with Crippen molar-refractivity contribution in [2.24, 2.45) is 0 Å². The predicted molar refractivity (Wildman–Crippen MR) is 90.3 cm³/mol. The summed E-state index contributed by atoms with van der Waals surface area (Å²) in [5, 5.41) is 0. The third-order valence-electron chi connectivity index (χ3n) is 4.76. The summed E-state index contributed by atoms with van der Waals surface area (Å²) >= 11 is 0. The topological polar surface area (TPSA) is 43.9 Å². The van der Waals surface area contributed by atoms with E-state index in [1.54, 1.807) is 9.80 Å². The van der Waals surface area contributed by atoms with Gasteiger partial charge in [-0.05, 0) is 25.0 Å². The molecule has 0 N–H and O–H groups in total. The van der Waals surface area contributed by atoms with Crippen LogP contribution < -0.4 is 4.90 Å². The maximum Gasteiger partial charge on any atom is 0.312 e. The Balaban J connectivity index is 1.54. The summed E-state index contributed by atoms with van der Waals surface area (Å²) < 4.78 is 0. The molecule has 2 aliphatic rings. The molecule has 2 saturated heterocycles. The fourth-order valence-electron chi connectivity index (χ4n) is 3.35. The second-order valence-corrected chi connectivity index (χ2v) is 6.32. The molecule has 2 aliphatic heterocycles. The second kappa shape index (κ2) is 7.49. The zero-order valence-corrected chi connectivity index (χ0v) is 13.6. The van der Waals surface area contributed by atoms with Crippen LogP contribution in [0.15, 0.2) is 30.3 Å². The second-order valence-electron chi connectivity index (χ2n) is 6.32. The number of benzene rings is 1. The van der Waals surface area contributed by atoms with Crippen molar-refractivity contribution in [2.75, 3.05) is 44.2 Å². The minimum Gasteiger partial charge on any atom is -0.368 e. The lowest BCUT2D eigenvalue weighted by Gasteiger charge is -2.36. The highest BCUT2D eigenvalue weighted by atomic mass is 16.2. The minimum absolute atomic E-state index is 0.305. The summed E-state index contributed by atoms with van der Waals surface area (Å²) in [6.07, 6.45) is 4.35. The van der Waals surface area contributed by atoms with Gasteiger partial charge >= 0.3 is 11.8 Å². The number of para-hydroxylation sites is 1. The fourth-order valence-corrected chi connectivity index (χ4v) is 3.35. The van der Waals surface area contributed by atoms with E-state index in [9.17, 15) is 9.59 Å². The van der Waals surface area contributed by atoms with Crippen molar-refractivity contribution in [1.29, 1.82) is 0 Å². The van der Waals surface area contributed by atoms with Crippen molar-refractivity contribution in [2.45, 2.75) is 25.7 Å². The maximum atomic E-state index is 12.5. The fraction of sp³-hybridized carbons (Fsp3) is 0.556. The van der Waals surface area contributed by atoms with Gasteiger partial charge in [0.2, 0.25) is 0 Å². The van der Waals surface area contributed by atoms with E-state index in [4.69, 9.17) is 0 Å². The first-order valence-electron chi connectivity index (χ1n) is 8.64. The summed E-state index contributed by atoms with van der Waals surface area (Å²) in [5.74, 6) is -0.625. The molecule has 2 fully saturated rings. The quantitative estimate of drug-likeness (QED) is 0.742. The van der Waals surface area contributed by atoms with E-state index in [1.165, 1.54) is 5.69 Å². The molecule has 0 spiro atoms. The smallest absolute Gasteiger partial charge is 0.312 e. The summed E-state index contributed by atoms with van der Waals surface area (Å²) in [7, 11) is 0. The van der Waals surface area contributed by atoms with Crippen LogP contribution in [0.4, 0.5) is 5.69 Å². The molecule has 0 atom stereocenters. The van der Waals surface area contributed by atoms with Crippen LogP contribution in [0.5, 0.6) is 0 Å². The van der Waals surface area contributed by atoms with E-state index in [0.717, 1.165) is 51.9 Å². The molecule has 5 nitrogen and oxygen atoms in total. The molecular weight excluding hydrogens is 290 g/mol. The van der Waals surface area contributed by atoms with Crippen LogP contribution >= 0.6 is 0 Å². The monoisotopic (exact) mass is 315 g/mol. The molecule has 3 rings (SSSR count). The Hall–Kier alpha value is -2.04. The summed E-state index contributed by atoms with van der Waals surface area (Å²) in [6.45, 7) is 4.26. The number of anilines is 1. The van der Waals surface area contributed by atoms with Gasteiger partial charge < -0.3 is 14.7 Å². The molecule has 1 aromatic carbocycles. The van der Waals surface area contributed by atoms with Gasteiger partial charge in [-0.2, -0.15) is 0 Å². The number of carbonyl (C=O) groups excluding carboxylic acids is 2. The molecule has 2 heterocycles. The summed E-state index contributed by atoms with van der Waals surface area (Å²) in [4.78, 5) is 30.6. The first kappa shape index (κ1) is 15.8. The normalized spacial score (nSPS) is 19.4. The lowest BCUT2D eigenvalue weighted by atomic mass is 10.2. The zero-order valence-electron chi connectivity index (χ0n) is 13.6. The number of likely N-dealkylation sites (tertiary alicyclic amines) is 1. The highest BCUT2D eigenvalue weighted by Crippen LogP contribution is 2.16. The molecule has 0 aliphatic carbocycles. The lowest BCUT2D eigenvalue weighted by Crippen LogP contribution is -2.53. The first-order chi connectivity index (χ1) is 11.3. The van der Waals surface area contributed by atoms with Crippen LogP contribution in [0.25, 0.3) is 0 Å². The maximum absolute atomic E-state index is 12.5. The van der Waals surface area contributed by atoms with Gasteiger partial charge in [-0.1, -0.05) is 31.0 Å². The number of carbonyl (C=O) groups is 2. The molecule has 0 aromatic heterocycles. The van der Waals surface area contributed by atoms with Crippen LogP contribution in [0.2, 0.25) is 0 Å². The Bertz CT molecular complexity index is 530. The van der Waals surface area contributed by atoms with Gasteiger partial charge in [0.25, 0.3) is 0 Å². The van der Waals surface area contributed by atoms with Crippen LogP contribution in [-0.4, -0.2) is 60.9 Å². The zero-order chi connectivity index (χ0) is 16.1. The average Bonchev–Trinajstić information content (AvgIpc) is 2.91. The van der Waals surface area contributed by atoms with Crippen molar-refractivity contribution in [3.05, 3.63) is 30.3 Å². The summed E-state index contributed by atoms with van der Waals surface area (Å²) in [6, 6.07) is 10.2. The van der Waals surface area contributed by atoms with Crippen molar-refractivity contribution >= 4 is 17.5 Å². The molecule has 0 radical (unpaired) electrons.